The normalized spacial score (nSPS) is 11.6. The van der Waals surface area contributed by atoms with Crippen molar-refractivity contribution in [3.8, 4) is 5.75 Å². The van der Waals surface area contributed by atoms with Crippen molar-refractivity contribution in [1.82, 2.24) is 8.97 Å². The van der Waals surface area contributed by atoms with Gasteiger partial charge in [0.15, 0.2) is 11.3 Å². The molecule has 0 unspecified atom stereocenters. The van der Waals surface area contributed by atoms with E-state index < -0.39 is 31.5 Å². The third kappa shape index (κ3) is 3.40. The molecule has 0 bridgehead atoms. The Kier molecular flexibility index (Phi) is 4.97. The van der Waals surface area contributed by atoms with Gasteiger partial charge in [0.25, 0.3) is 5.56 Å². The van der Waals surface area contributed by atoms with Crippen molar-refractivity contribution in [2.75, 3.05) is 0 Å². The lowest BCUT2D eigenvalue weighted by Gasteiger charge is -2.11. The Morgan fingerprint density at radius 1 is 0.967 bits per heavy atom. The standard InChI is InChI=1S/C21H15ClN2O5S/c22-15-6-4-5-14(11-15)12-24-10-9-23-13-17(19(25)20(26)18(23)21(24)27)30(28,29)16-7-2-1-3-8-16/h1-11,13,26H,12H2. The molecule has 0 aliphatic rings. The molecular weight excluding hydrogens is 428 g/mol. The summed E-state index contributed by atoms with van der Waals surface area (Å²) in [4.78, 5) is 24.8. The molecule has 9 heteroatoms. The van der Waals surface area contributed by atoms with E-state index in [9.17, 15) is 23.1 Å². The third-order valence-electron chi connectivity index (χ3n) is 4.63. The molecule has 152 valence electrons. The van der Waals surface area contributed by atoms with E-state index in [-0.39, 0.29) is 17.0 Å². The monoisotopic (exact) mass is 442 g/mol. The van der Waals surface area contributed by atoms with Gasteiger partial charge in [0.05, 0.1) is 11.4 Å². The van der Waals surface area contributed by atoms with E-state index in [0.29, 0.717) is 5.02 Å². The van der Waals surface area contributed by atoms with Gasteiger partial charge in [-0.05, 0) is 29.8 Å². The molecule has 2 aromatic carbocycles. The zero-order valence-electron chi connectivity index (χ0n) is 15.4. The summed E-state index contributed by atoms with van der Waals surface area (Å²) in [5, 5.41) is 10.9. The van der Waals surface area contributed by atoms with Crippen molar-refractivity contribution in [3.05, 3.63) is 104 Å². The fraction of sp³-hybridized carbons (Fsp3) is 0.0476. The van der Waals surface area contributed by atoms with Crippen LogP contribution >= 0.6 is 11.6 Å². The number of aromatic nitrogens is 2. The van der Waals surface area contributed by atoms with E-state index >= 15 is 0 Å². The Morgan fingerprint density at radius 2 is 1.70 bits per heavy atom. The van der Waals surface area contributed by atoms with Crippen LogP contribution in [0.2, 0.25) is 5.02 Å². The Labute approximate surface area is 176 Å². The van der Waals surface area contributed by atoms with Crippen LogP contribution < -0.4 is 11.0 Å². The van der Waals surface area contributed by atoms with Crippen LogP contribution in [-0.2, 0) is 16.4 Å². The molecule has 2 aromatic heterocycles. The van der Waals surface area contributed by atoms with Gasteiger partial charge >= 0.3 is 0 Å². The summed E-state index contributed by atoms with van der Waals surface area (Å²) in [7, 11) is -4.18. The highest BCUT2D eigenvalue weighted by atomic mass is 35.5. The van der Waals surface area contributed by atoms with Gasteiger partial charge in [-0.3, -0.25) is 9.59 Å². The quantitative estimate of drug-likeness (QED) is 0.524. The summed E-state index contributed by atoms with van der Waals surface area (Å²) in [5.74, 6) is -0.919. The molecular formula is C21H15ClN2O5S. The van der Waals surface area contributed by atoms with Crippen LogP contribution in [0.15, 0.2) is 92.6 Å². The van der Waals surface area contributed by atoms with Crippen LogP contribution in [0.4, 0.5) is 0 Å². The van der Waals surface area contributed by atoms with E-state index in [0.717, 1.165) is 16.2 Å². The molecule has 0 saturated heterocycles. The molecule has 0 amide bonds. The predicted octanol–water partition coefficient (Wildman–Crippen LogP) is 2.70. The smallest absolute Gasteiger partial charge is 0.279 e. The lowest BCUT2D eigenvalue weighted by molar-refractivity contribution is 0.468. The predicted molar refractivity (Wildman–Crippen MR) is 112 cm³/mol. The number of hydrogen-bond acceptors (Lipinski definition) is 5. The zero-order chi connectivity index (χ0) is 21.5. The van der Waals surface area contributed by atoms with Crippen molar-refractivity contribution < 1.29 is 13.5 Å². The van der Waals surface area contributed by atoms with Gasteiger partial charge in [-0.1, -0.05) is 41.9 Å². The molecule has 0 fully saturated rings. The van der Waals surface area contributed by atoms with Crippen LogP contribution in [0.3, 0.4) is 0 Å². The number of hydrogen-bond donors (Lipinski definition) is 1. The number of sulfone groups is 1. The molecule has 0 radical (unpaired) electrons. The van der Waals surface area contributed by atoms with E-state index in [4.69, 9.17) is 11.6 Å². The van der Waals surface area contributed by atoms with Gasteiger partial charge in [0.1, 0.15) is 4.90 Å². The summed E-state index contributed by atoms with van der Waals surface area (Å²) in [6.45, 7) is 0.160. The highest BCUT2D eigenvalue weighted by Crippen LogP contribution is 2.21. The van der Waals surface area contributed by atoms with Crippen LogP contribution in [0, 0.1) is 0 Å². The highest BCUT2D eigenvalue weighted by molar-refractivity contribution is 7.91. The minimum absolute atomic E-state index is 0.0873. The maximum absolute atomic E-state index is 12.9. The molecule has 0 atom stereocenters. The number of aromatic hydroxyl groups is 1. The molecule has 0 aliphatic carbocycles. The molecule has 30 heavy (non-hydrogen) atoms. The minimum atomic E-state index is -4.18. The van der Waals surface area contributed by atoms with Crippen LogP contribution in [0.1, 0.15) is 5.56 Å². The molecule has 2 heterocycles. The van der Waals surface area contributed by atoms with Gasteiger partial charge in [0, 0.05) is 23.6 Å². The van der Waals surface area contributed by atoms with Crippen molar-refractivity contribution in [2.24, 2.45) is 0 Å². The van der Waals surface area contributed by atoms with Gasteiger partial charge < -0.3 is 14.1 Å². The Balaban J connectivity index is 1.89. The topological polar surface area (TPSA) is 97.9 Å². The van der Waals surface area contributed by atoms with Gasteiger partial charge in [-0.2, -0.15) is 0 Å². The largest absolute Gasteiger partial charge is 0.502 e. The average molecular weight is 443 g/mol. The number of nitrogens with zero attached hydrogens (tertiary/aromatic N) is 2. The number of pyridine rings is 1. The van der Waals surface area contributed by atoms with Gasteiger partial charge in [-0.25, -0.2) is 8.42 Å². The van der Waals surface area contributed by atoms with E-state index in [2.05, 4.69) is 0 Å². The lowest BCUT2D eigenvalue weighted by atomic mass is 10.2. The van der Waals surface area contributed by atoms with Gasteiger partial charge in [-0.15, -0.1) is 0 Å². The Bertz CT molecular complexity index is 1490. The fourth-order valence-corrected chi connectivity index (χ4v) is 4.73. The summed E-state index contributed by atoms with van der Waals surface area (Å²) >= 11 is 5.97. The highest BCUT2D eigenvalue weighted by Gasteiger charge is 2.25. The maximum atomic E-state index is 12.9. The first-order valence-corrected chi connectivity index (χ1v) is 10.7. The Morgan fingerprint density at radius 3 is 2.40 bits per heavy atom. The minimum Gasteiger partial charge on any atom is -0.502 e. The average Bonchev–Trinajstić information content (AvgIpc) is 2.73. The van der Waals surface area contributed by atoms with E-state index in [1.165, 1.54) is 41.2 Å². The second kappa shape index (κ2) is 7.47. The summed E-state index contributed by atoms with van der Waals surface area (Å²) in [5.41, 5.74) is -1.33. The first-order valence-electron chi connectivity index (χ1n) is 8.81. The van der Waals surface area contributed by atoms with E-state index in [1.807, 2.05) is 0 Å². The molecule has 0 saturated carbocycles. The summed E-state index contributed by atoms with van der Waals surface area (Å²) < 4.78 is 28.1. The molecule has 4 rings (SSSR count). The maximum Gasteiger partial charge on any atom is 0.279 e. The van der Waals surface area contributed by atoms with Crippen molar-refractivity contribution >= 4 is 27.0 Å². The number of fused-ring (bicyclic) bond motifs is 1. The molecule has 4 aromatic rings. The molecule has 7 nitrogen and oxygen atoms in total. The van der Waals surface area contributed by atoms with Crippen molar-refractivity contribution in [3.63, 3.8) is 0 Å². The van der Waals surface area contributed by atoms with Crippen molar-refractivity contribution in [1.29, 1.82) is 0 Å². The van der Waals surface area contributed by atoms with Crippen LogP contribution in [0.25, 0.3) is 5.52 Å². The van der Waals surface area contributed by atoms with Crippen LogP contribution in [-0.4, -0.2) is 22.5 Å². The first kappa shape index (κ1) is 19.9. The first-order chi connectivity index (χ1) is 14.3. The van der Waals surface area contributed by atoms with E-state index in [1.54, 1.807) is 30.3 Å². The summed E-state index contributed by atoms with van der Waals surface area (Å²) in [6, 6.07) is 14.3. The third-order valence-corrected chi connectivity index (χ3v) is 6.63. The SMILES string of the molecule is O=c1c(S(=O)(=O)c2ccccc2)cn2ccn(Cc3cccc(Cl)c3)c(=O)c2c1O. The number of rotatable bonds is 4. The number of benzene rings is 2. The van der Waals surface area contributed by atoms with Crippen LogP contribution in [0.5, 0.6) is 5.75 Å². The molecule has 1 N–H and O–H groups in total. The second-order valence-electron chi connectivity index (χ2n) is 6.60. The van der Waals surface area contributed by atoms with Crippen molar-refractivity contribution in [2.45, 2.75) is 16.3 Å². The summed E-state index contributed by atoms with van der Waals surface area (Å²) in [6.07, 6.45) is 3.90. The van der Waals surface area contributed by atoms with Gasteiger partial charge in [0.2, 0.25) is 15.3 Å². The molecule has 0 aliphatic heterocycles. The zero-order valence-corrected chi connectivity index (χ0v) is 17.0. The second-order valence-corrected chi connectivity index (χ2v) is 8.96. The molecule has 0 spiro atoms. The fourth-order valence-electron chi connectivity index (χ4n) is 3.16. The number of halogens is 1. The lowest BCUT2D eigenvalue weighted by Crippen LogP contribution is -2.26. The Hall–Kier alpha value is -3.36.